The van der Waals surface area contributed by atoms with Crippen LogP contribution in [0.1, 0.15) is 75.5 Å². The smallest absolute Gasteiger partial charge is 0.115 e. The van der Waals surface area contributed by atoms with E-state index >= 15 is 0 Å². The van der Waals surface area contributed by atoms with Gasteiger partial charge in [0.2, 0.25) is 0 Å². The van der Waals surface area contributed by atoms with Gasteiger partial charge in [0.1, 0.15) is 5.75 Å². The number of nitrogens with zero attached hydrogens (tertiary/aromatic N) is 3. The van der Waals surface area contributed by atoms with E-state index in [1.54, 1.807) is 0 Å². The summed E-state index contributed by atoms with van der Waals surface area (Å²) in [4.78, 5) is 2.35. The number of hydrogen-bond donors (Lipinski definition) is 1. The Labute approximate surface area is 198 Å². The van der Waals surface area contributed by atoms with Crippen molar-refractivity contribution in [1.29, 1.82) is 0 Å². The second-order valence-corrected chi connectivity index (χ2v) is 10.3. The van der Waals surface area contributed by atoms with Crippen LogP contribution in [0.25, 0.3) is 0 Å². The molecule has 5 rings (SSSR count). The molecule has 3 aliphatic rings. The van der Waals surface area contributed by atoms with Crippen LogP contribution in [0.5, 0.6) is 5.75 Å². The minimum absolute atomic E-state index is 0.180. The predicted molar refractivity (Wildman–Crippen MR) is 138 cm³/mol. The highest BCUT2D eigenvalue weighted by Crippen LogP contribution is 2.60. The number of phenols is 1. The van der Waals surface area contributed by atoms with Crippen molar-refractivity contribution in [3.8, 4) is 5.75 Å². The Morgan fingerprint density at radius 1 is 1.03 bits per heavy atom. The topological polar surface area (TPSA) is 48.2 Å². The van der Waals surface area contributed by atoms with E-state index in [2.05, 4.69) is 61.1 Å². The number of benzene rings is 2. The number of anilines is 1. The van der Waals surface area contributed by atoms with E-state index in [0.717, 1.165) is 37.4 Å². The van der Waals surface area contributed by atoms with Gasteiger partial charge in [0.25, 0.3) is 0 Å². The third-order valence-electron chi connectivity index (χ3n) is 8.86. The summed E-state index contributed by atoms with van der Waals surface area (Å²) in [5, 5.41) is 19.3. The second-order valence-electron chi connectivity index (χ2n) is 10.3. The van der Waals surface area contributed by atoms with Gasteiger partial charge in [-0.1, -0.05) is 25.1 Å². The van der Waals surface area contributed by atoms with Crippen LogP contribution in [0.15, 0.2) is 52.7 Å². The molecule has 0 unspecified atom stereocenters. The Morgan fingerprint density at radius 2 is 1.82 bits per heavy atom. The molecule has 2 saturated carbocycles. The minimum Gasteiger partial charge on any atom is -0.508 e. The highest BCUT2D eigenvalue weighted by molar-refractivity contribution is 5.93. The highest BCUT2D eigenvalue weighted by Gasteiger charge is 2.53. The first-order valence-electron chi connectivity index (χ1n) is 12.8. The number of aryl methyl sites for hydroxylation is 1. The first-order valence-corrected chi connectivity index (χ1v) is 12.8. The van der Waals surface area contributed by atoms with Crippen molar-refractivity contribution in [3.05, 3.63) is 59.2 Å². The lowest BCUT2D eigenvalue weighted by molar-refractivity contribution is 0.0955. The van der Waals surface area contributed by atoms with Gasteiger partial charge in [-0.15, -0.1) is 0 Å². The van der Waals surface area contributed by atoms with Crippen LogP contribution in [0.4, 0.5) is 5.69 Å². The number of hydrogen-bond acceptors (Lipinski definition) is 4. The fourth-order valence-corrected chi connectivity index (χ4v) is 7.05. The van der Waals surface area contributed by atoms with Gasteiger partial charge in [0.05, 0.1) is 6.21 Å². The van der Waals surface area contributed by atoms with Gasteiger partial charge in [-0.3, -0.25) is 0 Å². The first-order chi connectivity index (χ1) is 16.0. The fraction of sp³-hybridized carbons (Fsp3) is 0.517. The molecule has 4 atom stereocenters. The van der Waals surface area contributed by atoms with E-state index in [-0.39, 0.29) is 5.41 Å². The van der Waals surface area contributed by atoms with Gasteiger partial charge in [0, 0.05) is 29.9 Å². The van der Waals surface area contributed by atoms with E-state index in [9.17, 15) is 5.11 Å². The Hall–Kier alpha value is -2.62. The lowest BCUT2D eigenvalue weighted by atomic mass is 9.55. The zero-order chi connectivity index (χ0) is 23.0. The summed E-state index contributed by atoms with van der Waals surface area (Å²) in [6, 6.07) is 14.7. The monoisotopic (exact) mass is 443 g/mol. The Balaban J connectivity index is 1.31. The van der Waals surface area contributed by atoms with Crippen molar-refractivity contribution >= 4 is 17.6 Å². The van der Waals surface area contributed by atoms with Crippen molar-refractivity contribution in [2.75, 3.05) is 18.0 Å². The fourth-order valence-electron chi connectivity index (χ4n) is 7.05. The first kappa shape index (κ1) is 22.2. The molecule has 4 nitrogen and oxygen atoms in total. The Kier molecular flexibility index (Phi) is 6.03. The number of phenolic OH excluding ortho intramolecular Hbond substituents is 1. The average molecular weight is 444 g/mol. The van der Waals surface area contributed by atoms with E-state index in [0.29, 0.717) is 17.6 Å². The lowest BCUT2D eigenvalue weighted by Gasteiger charge is -2.49. The third-order valence-corrected chi connectivity index (χ3v) is 8.86. The molecule has 0 radical (unpaired) electrons. The maximum absolute atomic E-state index is 9.90. The van der Waals surface area contributed by atoms with Gasteiger partial charge < -0.3 is 10.0 Å². The van der Waals surface area contributed by atoms with Crippen LogP contribution < -0.4 is 4.90 Å². The molecule has 3 aliphatic carbocycles. The molecule has 0 amide bonds. The van der Waals surface area contributed by atoms with Crippen molar-refractivity contribution in [1.82, 2.24) is 0 Å². The number of fused-ring (bicyclic) bond motifs is 5. The standard InChI is InChI=1S/C29H37N3O/c1-4-32(5-2)22-9-6-20(7-10-22)19-30-31-28-15-14-27-26-12-8-21-18-23(33)11-13-24(21)25(26)16-17-29(27,28)3/h6-7,9-11,13,18-19,25-27,33H,4-5,8,12,14-17H2,1-3H3/b30-19-,31-28-/t25-,26-,27-,29-/m1/s1. The van der Waals surface area contributed by atoms with Crippen LogP contribution in [-0.4, -0.2) is 30.1 Å². The molecule has 1 N–H and O–H groups in total. The molecule has 2 aromatic rings. The van der Waals surface area contributed by atoms with Crippen molar-refractivity contribution in [2.24, 2.45) is 27.5 Å². The molecular formula is C29H37N3O. The molecule has 0 spiro atoms. The van der Waals surface area contributed by atoms with Crippen LogP contribution >= 0.6 is 0 Å². The van der Waals surface area contributed by atoms with Crippen LogP contribution in [0.3, 0.4) is 0 Å². The van der Waals surface area contributed by atoms with Gasteiger partial charge in [-0.05, 0) is 111 Å². The molecule has 2 fully saturated rings. The predicted octanol–water partition coefficient (Wildman–Crippen LogP) is 6.57. The molecule has 0 saturated heterocycles. The minimum atomic E-state index is 0.180. The Morgan fingerprint density at radius 3 is 2.58 bits per heavy atom. The van der Waals surface area contributed by atoms with E-state index in [4.69, 9.17) is 5.10 Å². The highest BCUT2D eigenvalue weighted by atomic mass is 16.3. The molecular weight excluding hydrogens is 406 g/mol. The summed E-state index contributed by atoms with van der Waals surface area (Å²) in [5.41, 5.74) is 6.70. The number of rotatable bonds is 5. The summed E-state index contributed by atoms with van der Waals surface area (Å²) in [5.74, 6) is 2.47. The van der Waals surface area contributed by atoms with Gasteiger partial charge in [0.15, 0.2) is 0 Å². The van der Waals surface area contributed by atoms with Crippen LogP contribution in [0, 0.1) is 17.3 Å². The van der Waals surface area contributed by atoms with Gasteiger partial charge >= 0.3 is 0 Å². The normalized spacial score (nSPS) is 29.7. The summed E-state index contributed by atoms with van der Waals surface area (Å²) in [6.07, 6.45) is 8.94. The SMILES string of the molecule is CCN(CC)c1ccc(/C=N\N=C2\CC[C@@H]3[C@@H]4CCc5cc(O)ccc5[C@H]4CC[C@@]23C)cc1. The zero-order valence-corrected chi connectivity index (χ0v) is 20.3. The summed E-state index contributed by atoms with van der Waals surface area (Å²) in [6.45, 7) is 8.87. The van der Waals surface area contributed by atoms with E-state index in [1.165, 1.54) is 48.2 Å². The molecule has 0 aromatic heterocycles. The Bertz CT molecular complexity index is 1050. The lowest BCUT2D eigenvalue weighted by Crippen LogP contribution is -2.42. The molecule has 4 heteroatoms. The van der Waals surface area contributed by atoms with E-state index < -0.39 is 0 Å². The molecule has 0 aliphatic heterocycles. The number of aromatic hydroxyl groups is 1. The molecule has 2 aromatic carbocycles. The molecule has 174 valence electrons. The zero-order valence-electron chi connectivity index (χ0n) is 20.3. The summed E-state index contributed by atoms with van der Waals surface area (Å²) in [7, 11) is 0. The quantitative estimate of drug-likeness (QED) is 0.420. The maximum atomic E-state index is 9.90. The summed E-state index contributed by atoms with van der Waals surface area (Å²) < 4.78 is 0. The maximum Gasteiger partial charge on any atom is 0.115 e. The van der Waals surface area contributed by atoms with Crippen LogP contribution in [-0.2, 0) is 6.42 Å². The van der Waals surface area contributed by atoms with Gasteiger partial charge in [-0.2, -0.15) is 10.2 Å². The van der Waals surface area contributed by atoms with Crippen LogP contribution in [0.2, 0.25) is 0 Å². The molecule has 0 bridgehead atoms. The second kappa shape index (κ2) is 8.96. The van der Waals surface area contributed by atoms with Crippen molar-refractivity contribution in [3.63, 3.8) is 0 Å². The van der Waals surface area contributed by atoms with Crippen molar-refractivity contribution in [2.45, 2.75) is 65.2 Å². The molecule has 0 heterocycles. The molecule has 33 heavy (non-hydrogen) atoms. The third kappa shape index (κ3) is 3.98. The van der Waals surface area contributed by atoms with Gasteiger partial charge in [-0.25, -0.2) is 0 Å². The van der Waals surface area contributed by atoms with Crippen molar-refractivity contribution < 1.29 is 5.11 Å². The average Bonchev–Trinajstić information content (AvgIpc) is 3.17. The largest absolute Gasteiger partial charge is 0.508 e. The van der Waals surface area contributed by atoms with E-state index in [1.807, 2.05) is 18.3 Å². The summed E-state index contributed by atoms with van der Waals surface area (Å²) >= 11 is 0.